The van der Waals surface area contributed by atoms with Gasteiger partial charge in [-0.2, -0.15) is 0 Å². The number of aliphatic hydroxyl groups is 1. The zero-order valence-corrected chi connectivity index (χ0v) is 17.0. The molecule has 27 heavy (non-hydrogen) atoms. The van der Waals surface area contributed by atoms with Crippen molar-refractivity contribution in [3.8, 4) is 0 Å². The molecule has 152 valence electrons. The Hall–Kier alpha value is -0.910. The zero-order valence-electron chi connectivity index (χ0n) is 17.0. The first-order valence-corrected chi connectivity index (χ1v) is 10.5. The van der Waals surface area contributed by atoms with Crippen molar-refractivity contribution in [2.75, 3.05) is 6.61 Å². The highest BCUT2D eigenvalue weighted by molar-refractivity contribution is 5.66. The molecule has 0 aromatic carbocycles. The van der Waals surface area contributed by atoms with Crippen LogP contribution in [-0.2, 0) is 19.0 Å². The smallest absolute Gasteiger partial charge is 0.302 e. The van der Waals surface area contributed by atoms with Crippen LogP contribution in [0, 0.1) is 29.6 Å². The van der Waals surface area contributed by atoms with Crippen molar-refractivity contribution < 1.29 is 24.1 Å². The Balaban J connectivity index is 1.81. The molecule has 5 nitrogen and oxygen atoms in total. The second-order valence-electron chi connectivity index (χ2n) is 9.68. The molecule has 0 aromatic rings. The summed E-state index contributed by atoms with van der Waals surface area (Å²) in [5.74, 6) is 1.28. The van der Waals surface area contributed by atoms with Crippen molar-refractivity contribution in [2.45, 2.75) is 83.4 Å². The third-order valence-electron chi connectivity index (χ3n) is 7.80. The maximum Gasteiger partial charge on any atom is 0.302 e. The highest BCUT2D eigenvalue weighted by Gasteiger charge is 2.64. The Labute approximate surface area is 162 Å². The molecule has 0 amide bonds. The zero-order chi connectivity index (χ0) is 19.5. The molecule has 1 saturated carbocycles. The van der Waals surface area contributed by atoms with Crippen LogP contribution >= 0.6 is 0 Å². The molecular formula is C22H34O5. The number of aliphatic hydroxyl groups excluding tert-OH is 1. The van der Waals surface area contributed by atoms with Gasteiger partial charge in [0.05, 0.1) is 24.9 Å². The van der Waals surface area contributed by atoms with Crippen LogP contribution in [0.15, 0.2) is 12.2 Å². The molecular weight excluding hydrogens is 344 g/mol. The van der Waals surface area contributed by atoms with Crippen molar-refractivity contribution in [3.63, 3.8) is 0 Å². The highest BCUT2D eigenvalue weighted by atomic mass is 16.6. The van der Waals surface area contributed by atoms with Crippen molar-refractivity contribution in [1.82, 2.24) is 0 Å². The number of hydrogen-bond acceptors (Lipinski definition) is 5. The summed E-state index contributed by atoms with van der Waals surface area (Å²) in [6.07, 6.45) is 2.27. The summed E-state index contributed by atoms with van der Waals surface area (Å²) in [6.45, 7) is 12.8. The molecule has 0 spiro atoms. The average molecular weight is 379 g/mol. The number of ether oxygens (including phenoxy) is 3. The van der Waals surface area contributed by atoms with Crippen molar-refractivity contribution in [2.24, 2.45) is 29.6 Å². The summed E-state index contributed by atoms with van der Waals surface area (Å²) in [7, 11) is 0. The van der Waals surface area contributed by atoms with Crippen molar-refractivity contribution in [3.05, 3.63) is 12.2 Å². The van der Waals surface area contributed by atoms with Crippen LogP contribution in [0.1, 0.15) is 53.4 Å². The van der Waals surface area contributed by atoms with Crippen LogP contribution < -0.4 is 0 Å². The molecule has 4 fully saturated rings. The number of fused-ring (bicyclic) bond motifs is 2. The van der Waals surface area contributed by atoms with Crippen LogP contribution in [0.25, 0.3) is 0 Å². The summed E-state index contributed by atoms with van der Waals surface area (Å²) in [4.78, 5) is 11.9. The molecule has 3 aliphatic heterocycles. The van der Waals surface area contributed by atoms with Gasteiger partial charge in [-0.05, 0) is 50.4 Å². The number of carbonyl (C=O) groups excluding carboxylic acids is 1. The van der Waals surface area contributed by atoms with Crippen LogP contribution in [0.3, 0.4) is 0 Å². The van der Waals surface area contributed by atoms with Gasteiger partial charge in [0.15, 0.2) is 0 Å². The molecule has 10 atom stereocenters. The van der Waals surface area contributed by atoms with Gasteiger partial charge in [0, 0.05) is 18.8 Å². The Morgan fingerprint density at radius 1 is 1.30 bits per heavy atom. The number of hydrogen-bond donors (Lipinski definition) is 1. The van der Waals surface area contributed by atoms with Crippen LogP contribution in [-0.4, -0.2) is 47.7 Å². The van der Waals surface area contributed by atoms with E-state index in [4.69, 9.17) is 14.2 Å². The van der Waals surface area contributed by atoms with Crippen LogP contribution in [0.5, 0.6) is 0 Å². The van der Waals surface area contributed by atoms with E-state index in [0.717, 1.165) is 24.8 Å². The van der Waals surface area contributed by atoms with Crippen LogP contribution in [0.4, 0.5) is 0 Å². The van der Waals surface area contributed by atoms with Crippen LogP contribution in [0.2, 0.25) is 0 Å². The fourth-order valence-electron chi connectivity index (χ4n) is 6.38. The maximum atomic E-state index is 11.9. The Kier molecular flexibility index (Phi) is 4.93. The van der Waals surface area contributed by atoms with Gasteiger partial charge in [0.2, 0.25) is 0 Å². The quantitative estimate of drug-likeness (QED) is 0.561. The van der Waals surface area contributed by atoms with E-state index in [2.05, 4.69) is 20.4 Å². The van der Waals surface area contributed by atoms with Gasteiger partial charge in [0.1, 0.15) is 11.7 Å². The van der Waals surface area contributed by atoms with Gasteiger partial charge in [-0.25, -0.2) is 0 Å². The fourth-order valence-corrected chi connectivity index (χ4v) is 6.38. The van der Waals surface area contributed by atoms with Crippen molar-refractivity contribution >= 4 is 5.97 Å². The van der Waals surface area contributed by atoms with E-state index in [1.807, 2.05) is 6.92 Å². The molecule has 0 aromatic heterocycles. The normalized spacial score (nSPS) is 52.3. The van der Waals surface area contributed by atoms with Gasteiger partial charge >= 0.3 is 5.97 Å². The van der Waals surface area contributed by atoms with E-state index in [1.165, 1.54) is 6.92 Å². The highest BCUT2D eigenvalue weighted by Crippen LogP contribution is 2.57. The van der Waals surface area contributed by atoms with Gasteiger partial charge in [-0.15, -0.1) is 0 Å². The van der Waals surface area contributed by atoms with Gasteiger partial charge in [-0.1, -0.05) is 26.0 Å². The number of carbonyl (C=O) groups is 1. The van der Waals surface area contributed by atoms with E-state index >= 15 is 0 Å². The predicted molar refractivity (Wildman–Crippen MR) is 101 cm³/mol. The largest absolute Gasteiger partial charge is 0.462 e. The topological polar surface area (TPSA) is 65.0 Å². The Bertz CT molecular complexity index is 618. The molecule has 1 N–H and O–H groups in total. The fraction of sp³-hybridized carbons (Fsp3) is 0.864. The monoisotopic (exact) mass is 378 g/mol. The first-order chi connectivity index (χ1) is 12.7. The van der Waals surface area contributed by atoms with E-state index in [1.54, 1.807) is 0 Å². The lowest BCUT2D eigenvalue weighted by atomic mass is 9.59. The first kappa shape index (κ1) is 19.4. The lowest BCUT2D eigenvalue weighted by Crippen LogP contribution is -2.56. The molecule has 3 heterocycles. The van der Waals surface area contributed by atoms with Crippen molar-refractivity contribution in [1.29, 1.82) is 0 Å². The van der Waals surface area contributed by atoms with E-state index in [0.29, 0.717) is 24.9 Å². The maximum absolute atomic E-state index is 11.9. The molecule has 5 heteroatoms. The summed E-state index contributed by atoms with van der Waals surface area (Å²) < 4.78 is 18.9. The minimum Gasteiger partial charge on any atom is -0.462 e. The lowest BCUT2D eigenvalue weighted by molar-refractivity contribution is -0.184. The second kappa shape index (κ2) is 6.85. The molecule has 0 radical (unpaired) electrons. The average Bonchev–Trinajstić information content (AvgIpc) is 2.95. The minimum absolute atomic E-state index is 0.0272. The van der Waals surface area contributed by atoms with E-state index in [-0.39, 0.29) is 42.0 Å². The lowest BCUT2D eigenvalue weighted by Gasteiger charge is -2.47. The summed E-state index contributed by atoms with van der Waals surface area (Å²) in [5.41, 5.74) is 0.374. The Morgan fingerprint density at radius 2 is 2.04 bits per heavy atom. The van der Waals surface area contributed by atoms with Gasteiger partial charge in [-0.3, -0.25) is 4.79 Å². The van der Waals surface area contributed by atoms with E-state index in [9.17, 15) is 9.90 Å². The number of esters is 1. The summed E-state index contributed by atoms with van der Waals surface area (Å²) >= 11 is 0. The summed E-state index contributed by atoms with van der Waals surface area (Å²) in [6, 6.07) is 0. The molecule has 2 bridgehead atoms. The molecule has 4 rings (SSSR count). The number of rotatable bonds is 1. The molecule has 4 aliphatic rings. The molecule has 1 unspecified atom stereocenters. The molecule has 1 aliphatic carbocycles. The minimum atomic E-state index is -0.730. The second-order valence-corrected chi connectivity index (χ2v) is 9.68. The molecule has 3 saturated heterocycles. The standard InChI is InChI=1S/C22H34O5/c1-11-6-7-17(24)22(5)21-18-15(13(3)10-25-22)9-12(2)20(26-14(4)23)19(18)16(8-11)27-21/h12-13,15-21,24H,1,6-10H2,2-5H3/t12-,13+,15?,16+,17-,18+,19+,20-,21+,22+/m1/s1. The van der Waals surface area contributed by atoms with Gasteiger partial charge in [0.25, 0.3) is 0 Å². The SMILES string of the molecule is C=C1CC[C@@H](O)[C@]2(C)OC[C@H](C)C3C[C@@H](C)[C@@H](OC(C)=O)[C@@H]4[C@H]3[C@@H]2O[C@H]4C1. The summed E-state index contributed by atoms with van der Waals surface area (Å²) in [5, 5.41) is 11.1. The first-order valence-electron chi connectivity index (χ1n) is 10.5. The predicted octanol–water partition coefficient (Wildman–Crippen LogP) is 3.10. The van der Waals surface area contributed by atoms with E-state index < -0.39 is 11.7 Å². The third-order valence-corrected chi connectivity index (χ3v) is 7.80. The third kappa shape index (κ3) is 3.06. The Morgan fingerprint density at radius 3 is 2.74 bits per heavy atom. The van der Waals surface area contributed by atoms with Gasteiger partial charge < -0.3 is 19.3 Å².